The third-order valence-corrected chi connectivity index (χ3v) is 3.24. The van der Waals surface area contributed by atoms with Crippen LogP contribution in [-0.2, 0) is 11.3 Å². The van der Waals surface area contributed by atoms with Crippen molar-refractivity contribution in [2.24, 2.45) is 0 Å². The number of carbonyl (C=O) groups excluding carboxylic acids is 1. The Bertz CT molecular complexity index is 503. The first-order valence-electron chi connectivity index (χ1n) is 6.34. The molecule has 1 saturated heterocycles. The van der Waals surface area contributed by atoms with E-state index in [1.807, 2.05) is 19.1 Å². The normalized spacial score (nSPS) is 21.8. The highest BCUT2D eigenvalue weighted by Crippen LogP contribution is 2.18. The number of aliphatic hydroxyl groups excluding tert-OH is 1. The lowest BCUT2D eigenvalue weighted by Gasteiger charge is -2.21. The van der Waals surface area contributed by atoms with Crippen LogP contribution in [0.3, 0.4) is 0 Å². The van der Waals surface area contributed by atoms with Gasteiger partial charge in [-0.3, -0.25) is 4.98 Å². The molecule has 2 heterocycles. The zero-order chi connectivity index (χ0) is 14.7. The Morgan fingerprint density at radius 1 is 1.50 bits per heavy atom. The Balaban J connectivity index is 1.94. The molecule has 0 unspecified atom stereocenters. The molecule has 0 aliphatic carbocycles. The molecule has 1 aromatic rings. The number of carboxylic acids is 1. The van der Waals surface area contributed by atoms with Gasteiger partial charge in [0.05, 0.1) is 6.10 Å². The molecule has 0 radical (unpaired) electrons. The van der Waals surface area contributed by atoms with Gasteiger partial charge in [0.15, 0.2) is 0 Å². The smallest absolute Gasteiger partial charge is 0.326 e. The second-order valence-electron chi connectivity index (χ2n) is 4.86. The van der Waals surface area contributed by atoms with Crippen molar-refractivity contribution in [2.45, 2.75) is 32.0 Å². The molecule has 0 bridgehead atoms. The van der Waals surface area contributed by atoms with Gasteiger partial charge in [-0.05, 0) is 18.6 Å². The highest BCUT2D eigenvalue weighted by Gasteiger charge is 2.38. The van der Waals surface area contributed by atoms with E-state index in [0.29, 0.717) is 0 Å². The monoisotopic (exact) mass is 279 g/mol. The van der Waals surface area contributed by atoms with Crippen LogP contribution < -0.4 is 5.32 Å². The Hall–Kier alpha value is -2.15. The van der Waals surface area contributed by atoms with Crippen LogP contribution in [-0.4, -0.2) is 50.8 Å². The summed E-state index contributed by atoms with van der Waals surface area (Å²) in [6, 6.07) is 2.22. The second kappa shape index (κ2) is 5.87. The average molecular weight is 279 g/mol. The van der Waals surface area contributed by atoms with Crippen LogP contribution in [0.2, 0.25) is 0 Å². The zero-order valence-electron chi connectivity index (χ0n) is 11.1. The largest absolute Gasteiger partial charge is 0.480 e. The van der Waals surface area contributed by atoms with E-state index in [-0.39, 0.29) is 19.5 Å². The maximum Gasteiger partial charge on any atom is 0.326 e. The molecule has 20 heavy (non-hydrogen) atoms. The highest BCUT2D eigenvalue weighted by molar-refractivity contribution is 5.83. The van der Waals surface area contributed by atoms with E-state index in [1.165, 1.54) is 0 Å². The van der Waals surface area contributed by atoms with Crippen molar-refractivity contribution in [1.82, 2.24) is 15.2 Å². The van der Waals surface area contributed by atoms with E-state index in [0.717, 1.165) is 16.2 Å². The Morgan fingerprint density at radius 2 is 2.25 bits per heavy atom. The van der Waals surface area contributed by atoms with Gasteiger partial charge < -0.3 is 20.4 Å². The number of carbonyl (C=O) groups is 2. The summed E-state index contributed by atoms with van der Waals surface area (Å²) in [5.41, 5.74) is 1.71. The third-order valence-electron chi connectivity index (χ3n) is 3.24. The van der Waals surface area contributed by atoms with E-state index in [9.17, 15) is 14.7 Å². The maximum atomic E-state index is 12.0. The van der Waals surface area contributed by atoms with Gasteiger partial charge in [0, 0.05) is 31.4 Å². The SMILES string of the molecule is Cc1ccc(CNC(=O)N2C[C@@H](O)C[C@H]2C(=O)O)cn1. The molecule has 3 N–H and O–H groups in total. The summed E-state index contributed by atoms with van der Waals surface area (Å²) in [7, 11) is 0. The molecule has 108 valence electrons. The van der Waals surface area contributed by atoms with Gasteiger partial charge in [0.2, 0.25) is 0 Å². The first kappa shape index (κ1) is 14.3. The summed E-state index contributed by atoms with van der Waals surface area (Å²) in [6.07, 6.45) is 0.931. The highest BCUT2D eigenvalue weighted by atomic mass is 16.4. The van der Waals surface area contributed by atoms with Crippen LogP contribution in [0.4, 0.5) is 4.79 Å². The van der Waals surface area contributed by atoms with E-state index < -0.39 is 24.1 Å². The van der Waals surface area contributed by atoms with Crippen LogP contribution in [0.1, 0.15) is 17.7 Å². The lowest BCUT2D eigenvalue weighted by atomic mass is 10.2. The summed E-state index contributed by atoms with van der Waals surface area (Å²) in [5, 5.41) is 21.2. The van der Waals surface area contributed by atoms with Gasteiger partial charge in [-0.1, -0.05) is 6.07 Å². The number of aromatic nitrogens is 1. The minimum absolute atomic E-state index is 0.0367. The van der Waals surface area contributed by atoms with E-state index in [4.69, 9.17) is 5.11 Å². The summed E-state index contributed by atoms with van der Waals surface area (Å²) in [6.45, 7) is 2.17. The Morgan fingerprint density at radius 3 is 2.85 bits per heavy atom. The quantitative estimate of drug-likeness (QED) is 0.729. The van der Waals surface area contributed by atoms with Crippen LogP contribution in [0.15, 0.2) is 18.3 Å². The molecule has 1 fully saturated rings. The third kappa shape index (κ3) is 3.24. The van der Waals surface area contributed by atoms with Gasteiger partial charge in [0.1, 0.15) is 6.04 Å². The number of aryl methyl sites for hydroxylation is 1. The van der Waals surface area contributed by atoms with Crippen LogP contribution >= 0.6 is 0 Å². The number of hydrogen-bond donors (Lipinski definition) is 3. The van der Waals surface area contributed by atoms with Gasteiger partial charge in [0.25, 0.3) is 0 Å². The lowest BCUT2D eigenvalue weighted by Crippen LogP contribution is -2.45. The van der Waals surface area contributed by atoms with E-state index >= 15 is 0 Å². The first-order chi connectivity index (χ1) is 9.47. The fourth-order valence-electron chi connectivity index (χ4n) is 2.15. The molecule has 7 nitrogen and oxygen atoms in total. The topological polar surface area (TPSA) is 103 Å². The molecule has 1 aliphatic heterocycles. The number of urea groups is 1. The molecule has 1 aliphatic rings. The number of carboxylic acid groups (broad SMARTS) is 1. The van der Waals surface area contributed by atoms with Crippen molar-refractivity contribution in [3.63, 3.8) is 0 Å². The van der Waals surface area contributed by atoms with Gasteiger partial charge in [-0.2, -0.15) is 0 Å². The van der Waals surface area contributed by atoms with E-state index in [2.05, 4.69) is 10.3 Å². The van der Waals surface area contributed by atoms with Crippen LogP contribution in [0.25, 0.3) is 0 Å². The fourth-order valence-corrected chi connectivity index (χ4v) is 2.15. The van der Waals surface area contributed by atoms with Crippen molar-refractivity contribution < 1.29 is 19.8 Å². The van der Waals surface area contributed by atoms with Crippen molar-refractivity contribution in [2.75, 3.05) is 6.54 Å². The molecular weight excluding hydrogens is 262 g/mol. The predicted octanol–water partition coefficient (Wildman–Crippen LogP) is 0.119. The standard InChI is InChI=1S/C13H17N3O4/c1-8-2-3-9(5-14-8)6-15-13(20)16-7-10(17)4-11(16)12(18)19/h2-3,5,10-11,17H,4,6-7H2,1H3,(H,15,20)(H,18,19)/t10-,11-/m0/s1. The summed E-state index contributed by atoms with van der Waals surface area (Å²) >= 11 is 0. The summed E-state index contributed by atoms with van der Waals surface area (Å²) in [4.78, 5) is 28.3. The zero-order valence-corrected chi connectivity index (χ0v) is 11.1. The van der Waals surface area contributed by atoms with Crippen LogP contribution in [0, 0.1) is 6.92 Å². The maximum absolute atomic E-state index is 12.0. The molecule has 0 aromatic carbocycles. The number of nitrogens with zero attached hydrogens (tertiary/aromatic N) is 2. The molecule has 2 amide bonds. The number of pyridine rings is 1. The Labute approximate surface area is 116 Å². The number of amides is 2. The van der Waals surface area contributed by atoms with Crippen molar-refractivity contribution in [3.8, 4) is 0 Å². The van der Waals surface area contributed by atoms with Crippen molar-refractivity contribution in [1.29, 1.82) is 0 Å². The van der Waals surface area contributed by atoms with Crippen LogP contribution in [0.5, 0.6) is 0 Å². The number of rotatable bonds is 3. The fraction of sp³-hybridized carbons (Fsp3) is 0.462. The molecule has 0 spiro atoms. The number of hydrogen-bond acceptors (Lipinski definition) is 4. The Kier molecular flexibility index (Phi) is 4.19. The number of aliphatic hydroxyl groups is 1. The molecular formula is C13H17N3O4. The van der Waals surface area contributed by atoms with Crippen molar-refractivity contribution in [3.05, 3.63) is 29.6 Å². The molecule has 2 rings (SSSR count). The molecule has 0 saturated carbocycles. The predicted molar refractivity (Wildman–Crippen MR) is 70.0 cm³/mol. The minimum atomic E-state index is -1.10. The molecule has 1 aromatic heterocycles. The molecule has 7 heteroatoms. The number of nitrogens with one attached hydrogen (secondary N) is 1. The van der Waals surface area contributed by atoms with Crippen molar-refractivity contribution >= 4 is 12.0 Å². The minimum Gasteiger partial charge on any atom is -0.480 e. The van der Waals surface area contributed by atoms with Gasteiger partial charge in [-0.15, -0.1) is 0 Å². The number of likely N-dealkylation sites (tertiary alicyclic amines) is 1. The van der Waals surface area contributed by atoms with Gasteiger partial charge in [-0.25, -0.2) is 9.59 Å². The second-order valence-corrected chi connectivity index (χ2v) is 4.86. The molecule has 2 atom stereocenters. The average Bonchev–Trinajstić information content (AvgIpc) is 2.80. The lowest BCUT2D eigenvalue weighted by molar-refractivity contribution is -0.141. The first-order valence-corrected chi connectivity index (χ1v) is 6.34. The number of β-amino-alcohol motifs (C(OH)–C–C–N with tert-alkyl or cyclic N) is 1. The van der Waals surface area contributed by atoms with E-state index in [1.54, 1.807) is 6.20 Å². The summed E-state index contributed by atoms with van der Waals surface area (Å²) < 4.78 is 0. The number of aliphatic carboxylic acids is 1. The van der Waals surface area contributed by atoms with Gasteiger partial charge >= 0.3 is 12.0 Å². The summed E-state index contributed by atoms with van der Waals surface area (Å²) in [5.74, 6) is -1.10.